The zero-order valence-electron chi connectivity index (χ0n) is 7.17. The molecule has 0 aliphatic heterocycles. The molecule has 0 aliphatic carbocycles. The van der Waals surface area contributed by atoms with Crippen molar-refractivity contribution in [3.05, 3.63) is 0 Å². The number of methoxy groups -OCH3 is 1. The Kier molecular flexibility index (Phi) is 5.45. The molecular formula is C7H12ClNO3. The van der Waals surface area contributed by atoms with Gasteiger partial charge in [0.2, 0.25) is 5.91 Å². The summed E-state index contributed by atoms with van der Waals surface area (Å²) >= 11 is 5.29. The number of halogens is 1. The smallest absolute Gasteiger partial charge is 0.307 e. The van der Waals surface area contributed by atoms with Gasteiger partial charge in [0, 0.05) is 13.6 Å². The van der Waals surface area contributed by atoms with Crippen LogP contribution in [0.15, 0.2) is 0 Å². The monoisotopic (exact) mass is 193 g/mol. The molecule has 0 rings (SSSR count). The third kappa shape index (κ3) is 4.18. The molecule has 0 fully saturated rings. The van der Waals surface area contributed by atoms with E-state index in [-0.39, 0.29) is 24.2 Å². The first-order chi connectivity index (χ1) is 5.61. The van der Waals surface area contributed by atoms with Gasteiger partial charge < -0.3 is 9.64 Å². The van der Waals surface area contributed by atoms with Gasteiger partial charge in [-0.3, -0.25) is 9.59 Å². The quantitative estimate of drug-likeness (QED) is 0.475. The first-order valence-corrected chi connectivity index (χ1v) is 4.02. The first-order valence-electron chi connectivity index (χ1n) is 3.48. The molecule has 0 bridgehead atoms. The van der Waals surface area contributed by atoms with Crippen LogP contribution in [0.5, 0.6) is 0 Å². The zero-order chi connectivity index (χ0) is 9.56. The van der Waals surface area contributed by atoms with Gasteiger partial charge in [-0.1, -0.05) is 0 Å². The van der Waals surface area contributed by atoms with Crippen LogP contribution in [0.4, 0.5) is 0 Å². The molecule has 0 aromatic rings. The molecule has 12 heavy (non-hydrogen) atoms. The highest BCUT2D eigenvalue weighted by Gasteiger charge is 2.08. The number of hydrogen-bond acceptors (Lipinski definition) is 3. The molecule has 70 valence electrons. The Hall–Kier alpha value is -0.770. The van der Waals surface area contributed by atoms with E-state index in [0.29, 0.717) is 6.54 Å². The highest BCUT2D eigenvalue weighted by Crippen LogP contribution is 1.92. The SMILES string of the molecule is COC(=O)CCN(C)C(=O)CCl. The Labute approximate surface area is 76.4 Å². The number of rotatable bonds is 4. The number of ether oxygens (including phenoxy) is 1. The van der Waals surface area contributed by atoms with Crippen molar-refractivity contribution >= 4 is 23.5 Å². The Bertz CT molecular complexity index is 172. The number of hydrogen-bond donors (Lipinski definition) is 0. The molecule has 0 atom stereocenters. The fourth-order valence-electron chi connectivity index (χ4n) is 0.588. The molecule has 0 saturated carbocycles. The van der Waals surface area contributed by atoms with Gasteiger partial charge in [-0.15, -0.1) is 11.6 Å². The van der Waals surface area contributed by atoms with Crippen molar-refractivity contribution in [2.75, 3.05) is 26.6 Å². The van der Waals surface area contributed by atoms with Crippen LogP contribution in [-0.2, 0) is 14.3 Å². The van der Waals surface area contributed by atoms with Gasteiger partial charge >= 0.3 is 5.97 Å². The summed E-state index contributed by atoms with van der Waals surface area (Å²) in [6.45, 7) is 0.345. The van der Waals surface area contributed by atoms with Gasteiger partial charge in [-0.05, 0) is 0 Å². The average molecular weight is 194 g/mol. The van der Waals surface area contributed by atoms with Crippen LogP contribution in [-0.4, -0.2) is 43.4 Å². The molecule has 0 spiro atoms. The van der Waals surface area contributed by atoms with Crippen molar-refractivity contribution < 1.29 is 14.3 Å². The van der Waals surface area contributed by atoms with E-state index in [1.54, 1.807) is 7.05 Å². The van der Waals surface area contributed by atoms with Crippen LogP contribution in [0.25, 0.3) is 0 Å². The minimum atomic E-state index is -0.329. The third-order valence-corrected chi connectivity index (χ3v) is 1.65. The minimum Gasteiger partial charge on any atom is -0.469 e. The van der Waals surface area contributed by atoms with Crippen molar-refractivity contribution in [2.24, 2.45) is 0 Å². The highest BCUT2D eigenvalue weighted by molar-refractivity contribution is 6.27. The van der Waals surface area contributed by atoms with Gasteiger partial charge in [-0.2, -0.15) is 0 Å². The molecule has 0 unspecified atom stereocenters. The molecule has 4 nitrogen and oxygen atoms in total. The second-order valence-electron chi connectivity index (χ2n) is 2.28. The molecule has 5 heteroatoms. The van der Waals surface area contributed by atoms with Crippen LogP contribution in [0.1, 0.15) is 6.42 Å². The van der Waals surface area contributed by atoms with Crippen molar-refractivity contribution in [1.82, 2.24) is 4.90 Å². The molecule has 0 aromatic carbocycles. The van der Waals surface area contributed by atoms with Gasteiger partial charge in [0.1, 0.15) is 5.88 Å². The Morgan fingerprint density at radius 2 is 2.08 bits per heavy atom. The number of alkyl halides is 1. The normalized spacial score (nSPS) is 9.25. The number of carbonyl (C=O) groups excluding carboxylic acids is 2. The van der Waals surface area contributed by atoms with E-state index in [4.69, 9.17) is 11.6 Å². The molecule has 0 aliphatic rings. The summed E-state index contributed by atoms with van der Waals surface area (Å²) in [4.78, 5) is 22.9. The van der Waals surface area contributed by atoms with Crippen LogP contribution in [0.2, 0.25) is 0 Å². The number of nitrogens with zero attached hydrogens (tertiary/aromatic N) is 1. The highest BCUT2D eigenvalue weighted by atomic mass is 35.5. The van der Waals surface area contributed by atoms with Gasteiger partial charge in [0.15, 0.2) is 0 Å². The van der Waals surface area contributed by atoms with E-state index in [1.165, 1.54) is 12.0 Å². The summed E-state index contributed by atoms with van der Waals surface area (Å²) in [6.07, 6.45) is 0.204. The lowest BCUT2D eigenvalue weighted by Crippen LogP contribution is -2.30. The number of amides is 1. The summed E-state index contributed by atoms with van der Waals surface area (Å²) in [5, 5.41) is 0. The van der Waals surface area contributed by atoms with Crippen molar-refractivity contribution in [1.29, 1.82) is 0 Å². The zero-order valence-corrected chi connectivity index (χ0v) is 7.93. The van der Waals surface area contributed by atoms with Crippen LogP contribution < -0.4 is 0 Å². The van der Waals surface area contributed by atoms with Crippen LogP contribution in [0, 0.1) is 0 Å². The van der Waals surface area contributed by atoms with Crippen molar-refractivity contribution in [3.8, 4) is 0 Å². The average Bonchev–Trinajstić information content (AvgIpc) is 2.11. The summed E-state index contributed by atoms with van der Waals surface area (Å²) in [6, 6.07) is 0. The van der Waals surface area contributed by atoms with Crippen LogP contribution in [0.3, 0.4) is 0 Å². The van der Waals surface area contributed by atoms with E-state index in [0.717, 1.165) is 0 Å². The second-order valence-corrected chi connectivity index (χ2v) is 2.54. The third-order valence-electron chi connectivity index (χ3n) is 1.42. The molecule has 0 saturated heterocycles. The lowest BCUT2D eigenvalue weighted by Gasteiger charge is -2.14. The van der Waals surface area contributed by atoms with Crippen molar-refractivity contribution in [2.45, 2.75) is 6.42 Å². The summed E-state index contributed by atoms with van der Waals surface area (Å²) < 4.78 is 4.40. The fourth-order valence-corrected chi connectivity index (χ4v) is 0.792. The van der Waals surface area contributed by atoms with Crippen molar-refractivity contribution in [3.63, 3.8) is 0 Å². The van der Waals surface area contributed by atoms with E-state index >= 15 is 0 Å². The maximum Gasteiger partial charge on any atom is 0.307 e. The molecular weight excluding hydrogens is 182 g/mol. The standard InChI is InChI=1S/C7H12ClNO3/c1-9(6(10)5-8)4-3-7(11)12-2/h3-5H2,1-2H3. The molecule has 1 amide bonds. The summed E-state index contributed by atoms with van der Waals surface area (Å²) in [5.41, 5.74) is 0. The van der Waals surface area contributed by atoms with E-state index in [2.05, 4.69) is 4.74 Å². The fraction of sp³-hybridized carbons (Fsp3) is 0.714. The Balaban J connectivity index is 3.63. The summed E-state index contributed by atoms with van der Waals surface area (Å²) in [5.74, 6) is -0.581. The molecule has 0 N–H and O–H groups in total. The van der Waals surface area contributed by atoms with E-state index < -0.39 is 0 Å². The van der Waals surface area contributed by atoms with E-state index in [9.17, 15) is 9.59 Å². The Morgan fingerprint density at radius 3 is 2.50 bits per heavy atom. The Morgan fingerprint density at radius 1 is 1.50 bits per heavy atom. The molecule has 0 aromatic heterocycles. The second kappa shape index (κ2) is 5.83. The predicted molar refractivity (Wildman–Crippen MR) is 45.0 cm³/mol. The van der Waals surface area contributed by atoms with Gasteiger partial charge in [-0.25, -0.2) is 0 Å². The molecule has 0 heterocycles. The first kappa shape index (κ1) is 11.2. The minimum absolute atomic E-state index is 0.0579. The molecule has 0 radical (unpaired) electrons. The largest absolute Gasteiger partial charge is 0.469 e. The van der Waals surface area contributed by atoms with Gasteiger partial charge in [0.25, 0.3) is 0 Å². The number of carbonyl (C=O) groups is 2. The predicted octanol–water partition coefficient (Wildman–Crippen LogP) is 0.247. The van der Waals surface area contributed by atoms with E-state index in [1.807, 2.05) is 0 Å². The maximum absolute atomic E-state index is 10.9. The summed E-state index contributed by atoms with van der Waals surface area (Å²) in [7, 11) is 2.90. The maximum atomic E-state index is 10.9. The number of esters is 1. The van der Waals surface area contributed by atoms with Gasteiger partial charge in [0.05, 0.1) is 13.5 Å². The van der Waals surface area contributed by atoms with Crippen LogP contribution >= 0.6 is 11.6 Å². The lowest BCUT2D eigenvalue weighted by atomic mass is 10.4. The lowest BCUT2D eigenvalue weighted by molar-refractivity contribution is -0.141. The topological polar surface area (TPSA) is 46.6 Å².